The third-order valence-electron chi connectivity index (χ3n) is 3.22. The Morgan fingerprint density at radius 1 is 1.45 bits per heavy atom. The zero-order valence-electron chi connectivity index (χ0n) is 11.8. The van der Waals surface area contributed by atoms with E-state index < -0.39 is 23.4 Å². The Balaban J connectivity index is 2.06. The van der Waals surface area contributed by atoms with Gasteiger partial charge in [-0.15, -0.1) is 0 Å². The molecule has 3 N–H and O–H groups in total. The van der Waals surface area contributed by atoms with Crippen molar-refractivity contribution in [1.29, 1.82) is 0 Å². The van der Waals surface area contributed by atoms with E-state index in [0.717, 1.165) is 0 Å². The lowest BCUT2D eigenvalue weighted by Crippen LogP contribution is -2.58. The number of carbonyl (C=O) groups excluding carboxylic acids is 2. The van der Waals surface area contributed by atoms with Gasteiger partial charge in [-0.2, -0.15) is 0 Å². The summed E-state index contributed by atoms with van der Waals surface area (Å²) in [7, 11) is 0. The number of carbonyl (C=O) groups is 3. The van der Waals surface area contributed by atoms with E-state index >= 15 is 0 Å². The number of ether oxygens (including phenoxy) is 1. The van der Waals surface area contributed by atoms with E-state index in [1.54, 1.807) is 12.1 Å². The Morgan fingerprint density at radius 3 is 2.86 bits per heavy atom. The van der Waals surface area contributed by atoms with Crippen molar-refractivity contribution in [3.63, 3.8) is 0 Å². The fourth-order valence-corrected chi connectivity index (χ4v) is 2.13. The van der Waals surface area contributed by atoms with Crippen LogP contribution in [0.5, 0.6) is 5.75 Å². The number of hydrogen-bond acceptors (Lipinski definition) is 4. The molecule has 118 valence electrons. The van der Waals surface area contributed by atoms with E-state index in [1.165, 1.54) is 13.0 Å². The van der Waals surface area contributed by atoms with Crippen LogP contribution in [-0.4, -0.2) is 35.0 Å². The molecule has 1 unspecified atom stereocenters. The molecule has 0 saturated carbocycles. The molecule has 1 aliphatic rings. The molecule has 1 aromatic carbocycles. The van der Waals surface area contributed by atoms with Crippen LogP contribution in [0.25, 0.3) is 0 Å². The second-order valence-corrected chi connectivity index (χ2v) is 5.42. The minimum Gasteiger partial charge on any atom is -0.481 e. The van der Waals surface area contributed by atoms with Crippen LogP contribution in [0.15, 0.2) is 18.2 Å². The minimum atomic E-state index is -1.72. The van der Waals surface area contributed by atoms with Gasteiger partial charge in [0, 0.05) is 18.0 Å². The van der Waals surface area contributed by atoms with Gasteiger partial charge in [0.05, 0.1) is 5.69 Å². The van der Waals surface area contributed by atoms with Gasteiger partial charge < -0.3 is 20.5 Å². The summed E-state index contributed by atoms with van der Waals surface area (Å²) in [5.41, 5.74) is -1.32. The first-order chi connectivity index (χ1) is 10.3. The average molecular weight is 327 g/mol. The molecular weight excluding hydrogens is 312 g/mol. The van der Waals surface area contributed by atoms with Gasteiger partial charge in [0.15, 0.2) is 0 Å². The van der Waals surface area contributed by atoms with Crippen molar-refractivity contribution in [1.82, 2.24) is 5.32 Å². The van der Waals surface area contributed by atoms with Crippen LogP contribution >= 0.6 is 11.6 Å². The third-order valence-corrected chi connectivity index (χ3v) is 3.46. The Morgan fingerprint density at radius 2 is 2.18 bits per heavy atom. The number of carboxylic acid groups (broad SMARTS) is 1. The topological polar surface area (TPSA) is 105 Å². The molecular formula is C14H15ClN2O5. The first kappa shape index (κ1) is 16.1. The second kappa shape index (κ2) is 6.23. The Hall–Kier alpha value is -2.28. The fraction of sp³-hybridized carbons (Fsp3) is 0.357. The van der Waals surface area contributed by atoms with Gasteiger partial charge in [0.25, 0.3) is 17.4 Å². The molecule has 2 amide bonds. The molecule has 0 aliphatic carbocycles. The van der Waals surface area contributed by atoms with E-state index in [4.69, 9.17) is 21.4 Å². The number of rotatable bonds is 5. The second-order valence-electron chi connectivity index (χ2n) is 4.98. The number of benzene rings is 1. The number of hydrogen-bond donors (Lipinski definition) is 3. The summed E-state index contributed by atoms with van der Waals surface area (Å²) in [6.07, 6.45) is 0.205. The highest BCUT2D eigenvalue weighted by atomic mass is 35.5. The summed E-state index contributed by atoms with van der Waals surface area (Å²) in [4.78, 5) is 34.7. The van der Waals surface area contributed by atoms with Crippen LogP contribution in [0.1, 0.15) is 19.8 Å². The van der Waals surface area contributed by atoms with E-state index in [1.807, 2.05) is 0 Å². The van der Waals surface area contributed by atoms with Crippen molar-refractivity contribution in [2.45, 2.75) is 25.4 Å². The van der Waals surface area contributed by atoms with Crippen molar-refractivity contribution < 1.29 is 24.2 Å². The van der Waals surface area contributed by atoms with E-state index in [-0.39, 0.29) is 19.4 Å². The van der Waals surface area contributed by atoms with Crippen LogP contribution < -0.4 is 15.4 Å². The largest absolute Gasteiger partial charge is 0.481 e. The average Bonchev–Trinajstić information content (AvgIpc) is 2.45. The van der Waals surface area contributed by atoms with Crippen LogP contribution in [0, 0.1) is 0 Å². The lowest BCUT2D eigenvalue weighted by atomic mass is 10.0. The quantitative estimate of drug-likeness (QED) is 0.560. The Bertz CT molecular complexity index is 634. The predicted molar refractivity (Wildman–Crippen MR) is 79.0 cm³/mol. The molecule has 1 heterocycles. The van der Waals surface area contributed by atoms with Crippen molar-refractivity contribution in [3.8, 4) is 5.75 Å². The van der Waals surface area contributed by atoms with E-state index in [0.29, 0.717) is 16.5 Å². The van der Waals surface area contributed by atoms with Gasteiger partial charge in [-0.3, -0.25) is 14.4 Å². The van der Waals surface area contributed by atoms with Crippen molar-refractivity contribution in [3.05, 3.63) is 23.2 Å². The van der Waals surface area contributed by atoms with Crippen molar-refractivity contribution >= 4 is 35.1 Å². The third kappa shape index (κ3) is 3.30. The number of fused-ring (bicyclic) bond motifs is 1. The Kier molecular flexibility index (Phi) is 4.56. The molecule has 0 spiro atoms. The SMILES string of the molecule is CC1(C(=O)NCCCC(=O)O)Oc2ccc(Cl)cc2NC1=O. The van der Waals surface area contributed by atoms with Crippen LogP contribution in [0.3, 0.4) is 0 Å². The maximum absolute atomic E-state index is 12.2. The molecule has 0 bridgehead atoms. The first-order valence-electron chi connectivity index (χ1n) is 6.63. The summed E-state index contributed by atoms with van der Waals surface area (Å²) in [5, 5.41) is 14.1. The van der Waals surface area contributed by atoms with Gasteiger partial charge >= 0.3 is 5.97 Å². The minimum absolute atomic E-state index is 0.0641. The molecule has 1 aromatic rings. The monoisotopic (exact) mass is 326 g/mol. The predicted octanol–water partition coefficient (Wildman–Crippen LogP) is 1.41. The number of amides is 2. The molecule has 1 aliphatic heterocycles. The van der Waals surface area contributed by atoms with Gasteiger partial charge in [0.1, 0.15) is 5.75 Å². The molecule has 0 saturated heterocycles. The lowest BCUT2D eigenvalue weighted by Gasteiger charge is -2.33. The molecule has 8 heteroatoms. The van der Waals surface area contributed by atoms with Crippen LogP contribution in [0.2, 0.25) is 5.02 Å². The van der Waals surface area contributed by atoms with E-state index in [2.05, 4.69) is 10.6 Å². The van der Waals surface area contributed by atoms with Gasteiger partial charge in [0.2, 0.25) is 0 Å². The molecule has 0 aromatic heterocycles. The standard InChI is InChI=1S/C14H15ClN2O5/c1-14(12(20)16-6-2-3-11(18)19)13(21)17-9-7-8(15)4-5-10(9)22-14/h4-5,7H,2-3,6H2,1H3,(H,16,20)(H,17,21)(H,18,19). The highest BCUT2D eigenvalue weighted by molar-refractivity contribution is 6.31. The van der Waals surface area contributed by atoms with Gasteiger partial charge in [-0.25, -0.2) is 0 Å². The van der Waals surface area contributed by atoms with E-state index in [9.17, 15) is 14.4 Å². The van der Waals surface area contributed by atoms with Crippen molar-refractivity contribution in [2.75, 3.05) is 11.9 Å². The summed E-state index contributed by atoms with van der Waals surface area (Å²) in [6, 6.07) is 4.68. The van der Waals surface area contributed by atoms with Crippen LogP contribution in [-0.2, 0) is 14.4 Å². The number of carboxylic acids is 1. The van der Waals surface area contributed by atoms with Gasteiger partial charge in [-0.05, 0) is 31.5 Å². The zero-order valence-corrected chi connectivity index (χ0v) is 12.6. The molecule has 2 rings (SSSR count). The Labute approximate surface area is 131 Å². The molecule has 1 atom stereocenters. The van der Waals surface area contributed by atoms with Crippen LogP contribution in [0.4, 0.5) is 5.69 Å². The summed E-state index contributed by atoms with van der Waals surface area (Å²) in [5.74, 6) is -1.85. The highest BCUT2D eigenvalue weighted by Crippen LogP contribution is 2.35. The van der Waals surface area contributed by atoms with Gasteiger partial charge in [-0.1, -0.05) is 11.6 Å². The number of aliphatic carboxylic acids is 1. The zero-order chi connectivity index (χ0) is 16.3. The van der Waals surface area contributed by atoms with Crippen molar-refractivity contribution in [2.24, 2.45) is 0 Å². The first-order valence-corrected chi connectivity index (χ1v) is 7.01. The fourth-order valence-electron chi connectivity index (χ4n) is 1.96. The number of anilines is 1. The smallest absolute Gasteiger partial charge is 0.303 e. The lowest BCUT2D eigenvalue weighted by molar-refractivity contribution is -0.147. The summed E-state index contributed by atoms with van der Waals surface area (Å²) >= 11 is 5.83. The summed E-state index contributed by atoms with van der Waals surface area (Å²) < 4.78 is 5.53. The molecule has 22 heavy (non-hydrogen) atoms. The molecule has 0 radical (unpaired) electrons. The molecule has 7 nitrogen and oxygen atoms in total. The maximum atomic E-state index is 12.2. The normalized spacial score (nSPS) is 19.6. The number of halogens is 1. The summed E-state index contributed by atoms with van der Waals surface area (Å²) in [6.45, 7) is 1.50. The highest BCUT2D eigenvalue weighted by Gasteiger charge is 2.47. The maximum Gasteiger partial charge on any atom is 0.303 e. The molecule has 0 fully saturated rings. The number of nitrogens with one attached hydrogen (secondary N) is 2.